The van der Waals surface area contributed by atoms with Crippen molar-refractivity contribution in [2.75, 3.05) is 13.7 Å². The van der Waals surface area contributed by atoms with Gasteiger partial charge in [0.25, 0.3) is 0 Å². The molecule has 4 aliphatic rings. The van der Waals surface area contributed by atoms with Gasteiger partial charge in [0.2, 0.25) is 0 Å². The Labute approximate surface area is 128 Å². The zero-order valence-corrected chi connectivity index (χ0v) is 12.9. The van der Waals surface area contributed by atoms with Crippen molar-refractivity contribution < 1.29 is 19.1 Å². The SMILES string of the molecule is COC(=O)C12CC(c3nc(C=O)n(C[C@@H]4CCO4)c3C)(C1)C2. The summed E-state index contributed by atoms with van der Waals surface area (Å²) in [5.41, 5.74) is 1.71. The van der Waals surface area contributed by atoms with Gasteiger partial charge in [-0.1, -0.05) is 0 Å². The number of rotatable bonds is 5. The first-order chi connectivity index (χ1) is 10.5. The lowest BCUT2D eigenvalue weighted by Crippen LogP contribution is -2.68. The summed E-state index contributed by atoms with van der Waals surface area (Å²) in [6.07, 6.45) is 4.42. The molecule has 5 rings (SSSR count). The van der Waals surface area contributed by atoms with E-state index < -0.39 is 0 Å². The van der Waals surface area contributed by atoms with Gasteiger partial charge in [0.1, 0.15) is 0 Å². The summed E-state index contributed by atoms with van der Waals surface area (Å²) in [5, 5.41) is 0. The Morgan fingerprint density at radius 2 is 2.18 bits per heavy atom. The van der Waals surface area contributed by atoms with Gasteiger partial charge >= 0.3 is 5.97 Å². The summed E-state index contributed by atoms with van der Waals surface area (Å²) in [7, 11) is 1.44. The van der Waals surface area contributed by atoms with E-state index in [-0.39, 0.29) is 22.9 Å². The number of imidazole rings is 1. The van der Waals surface area contributed by atoms with Crippen LogP contribution in [0.2, 0.25) is 0 Å². The fourth-order valence-corrected chi connectivity index (χ4v) is 4.48. The van der Waals surface area contributed by atoms with Crippen molar-refractivity contribution in [2.24, 2.45) is 5.41 Å². The predicted molar refractivity (Wildman–Crippen MR) is 76.7 cm³/mol. The standard InChI is InChI=1S/C16H20N2O4/c1-10-13(15-7-16(8-15,9-15)14(20)21-2)17-12(6-19)18(10)5-11-3-4-22-11/h6,11H,3-5,7-9H2,1-2H3/t11-,15?,16?/m0/s1. The number of ether oxygens (including phenoxy) is 2. The fraction of sp³-hybridized carbons (Fsp3) is 0.688. The first kappa shape index (κ1) is 13.9. The second-order valence-corrected chi connectivity index (χ2v) is 7.00. The van der Waals surface area contributed by atoms with Crippen molar-refractivity contribution in [2.45, 2.75) is 50.7 Å². The van der Waals surface area contributed by atoms with E-state index in [0.29, 0.717) is 12.4 Å². The minimum Gasteiger partial charge on any atom is -0.469 e. The van der Waals surface area contributed by atoms with Gasteiger partial charge in [-0.25, -0.2) is 4.98 Å². The molecule has 0 amide bonds. The topological polar surface area (TPSA) is 70.4 Å². The summed E-state index contributed by atoms with van der Waals surface area (Å²) in [4.78, 5) is 27.7. The summed E-state index contributed by atoms with van der Waals surface area (Å²) in [5.74, 6) is 0.366. The van der Waals surface area contributed by atoms with Crippen LogP contribution in [-0.4, -0.2) is 41.6 Å². The van der Waals surface area contributed by atoms with E-state index in [1.807, 2.05) is 11.5 Å². The molecule has 3 saturated carbocycles. The highest BCUT2D eigenvalue weighted by molar-refractivity contribution is 5.82. The number of esters is 1. The van der Waals surface area contributed by atoms with Crippen LogP contribution >= 0.6 is 0 Å². The minimum absolute atomic E-state index is 0.0260. The van der Waals surface area contributed by atoms with E-state index in [9.17, 15) is 9.59 Å². The number of hydrogen-bond donors (Lipinski definition) is 0. The number of carbonyl (C=O) groups is 2. The van der Waals surface area contributed by atoms with E-state index >= 15 is 0 Å². The quantitative estimate of drug-likeness (QED) is 0.607. The lowest BCUT2D eigenvalue weighted by atomic mass is 9.34. The molecule has 118 valence electrons. The molecule has 0 radical (unpaired) electrons. The van der Waals surface area contributed by atoms with Crippen molar-refractivity contribution in [3.63, 3.8) is 0 Å². The third-order valence-corrected chi connectivity index (χ3v) is 5.69. The largest absolute Gasteiger partial charge is 0.469 e. The van der Waals surface area contributed by atoms with Crippen LogP contribution in [0, 0.1) is 12.3 Å². The van der Waals surface area contributed by atoms with Crippen LogP contribution in [-0.2, 0) is 26.2 Å². The number of aromatic nitrogens is 2. The van der Waals surface area contributed by atoms with Crippen molar-refractivity contribution in [3.05, 3.63) is 17.2 Å². The van der Waals surface area contributed by atoms with Gasteiger partial charge in [-0.2, -0.15) is 0 Å². The minimum atomic E-state index is -0.288. The Kier molecular flexibility index (Phi) is 2.79. The average molecular weight is 304 g/mol. The van der Waals surface area contributed by atoms with Crippen LogP contribution in [0.3, 0.4) is 0 Å². The van der Waals surface area contributed by atoms with Crippen LogP contribution in [0.25, 0.3) is 0 Å². The number of hydrogen-bond acceptors (Lipinski definition) is 5. The summed E-state index contributed by atoms with van der Waals surface area (Å²) < 4.78 is 12.3. The molecule has 0 aromatic carbocycles. The van der Waals surface area contributed by atoms with Gasteiger partial charge in [-0.15, -0.1) is 0 Å². The van der Waals surface area contributed by atoms with Crippen LogP contribution in [0.15, 0.2) is 0 Å². The molecule has 0 N–H and O–H groups in total. The number of carbonyl (C=O) groups excluding carboxylic acids is 2. The van der Waals surface area contributed by atoms with Crippen LogP contribution in [0.5, 0.6) is 0 Å². The Morgan fingerprint density at radius 1 is 1.50 bits per heavy atom. The summed E-state index contributed by atoms with van der Waals surface area (Å²) in [6, 6.07) is 0. The van der Waals surface area contributed by atoms with Crippen molar-refractivity contribution >= 4 is 12.3 Å². The normalized spacial score (nSPS) is 35.1. The molecule has 2 bridgehead atoms. The molecule has 1 atom stereocenters. The maximum Gasteiger partial charge on any atom is 0.311 e. The molecule has 0 spiro atoms. The van der Waals surface area contributed by atoms with Gasteiger partial charge in [0.15, 0.2) is 12.1 Å². The highest BCUT2D eigenvalue weighted by atomic mass is 16.5. The highest BCUT2D eigenvalue weighted by Gasteiger charge is 2.74. The van der Waals surface area contributed by atoms with Crippen molar-refractivity contribution in [1.82, 2.24) is 9.55 Å². The number of methoxy groups -OCH3 is 1. The number of nitrogens with zero attached hydrogens (tertiary/aromatic N) is 2. The smallest absolute Gasteiger partial charge is 0.311 e. The molecule has 1 aliphatic heterocycles. The van der Waals surface area contributed by atoms with Gasteiger partial charge in [-0.3, -0.25) is 9.59 Å². The lowest BCUT2D eigenvalue weighted by Gasteiger charge is -2.68. The van der Waals surface area contributed by atoms with Gasteiger partial charge < -0.3 is 14.0 Å². The maximum atomic E-state index is 11.8. The van der Waals surface area contributed by atoms with E-state index in [2.05, 4.69) is 4.98 Å². The van der Waals surface area contributed by atoms with E-state index in [4.69, 9.17) is 9.47 Å². The molecule has 1 saturated heterocycles. The zero-order valence-electron chi connectivity index (χ0n) is 12.9. The zero-order chi connectivity index (χ0) is 15.5. The molecule has 2 heterocycles. The van der Waals surface area contributed by atoms with Gasteiger partial charge in [0.05, 0.1) is 30.9 Å². The summed E-state index contributed by atoms with van der Waals surface area (Å²) >= 11 is 0. The maximum absolute atomic E-state index is 11.8. The third kappa shape index (κ3) is 1.61. The van der Waals surface area contributed by atoms with E-state index in [0.717, 1.165) is 50.0 Å². The summed E-state index contributed by atoms with van der Waals surface area (Å²) in [6.45, 7) is 3.50. The molecule has 3 aliphatic carbocycles. The average Bonchev–Trinajstić information content (AvgIpc) is 2.68. The molecule has 1 aromatic rings. The van der Waals surface area contributed by atoms with Crippen LogP contribution in [0.1, 0.15) is 47.7 Å². The molecule has 22 heavy (non-hydrogen) atoms. The van der Waals surface area contributed by atoms with Gasteiger partial charge in [0, 0.05) is 17.7 Å². The van der Waals surface area contributed by atoms with Crippen molar-refractivity contribution in [3.8, 4) is 0 Å². The molecular weight excluding hydrogens is 284 g/mol. The Morgan fingerprint density at radius 3 is 2.68 bits per heavy atom. The molecule has 1 aromatic heterocycles. The van der Waals surface area contributed by atoms with Crippen LogP contribution < -0.4 is 0 Å². The van der Waals surface area contributed by atoms with E-state index in [1.165, 1.54) is 7.11 Å². The molecule has 6 heteroatoms. The monoisotopic (exact) mass is 304 g/mol. The van der Waals surface area contributed by atoms with Crippen LogP contribution in [0.4, 0.5) is 0 Å². The molecule has 4 fully saturated rings. The second kappa shape index (κ2) is 4.41. The first-order valence-corrected chi connectivity index (χ1v) is 7.76. The van der Waals surface area contributed by atoms with Gasteiger partial charge in [-0.05, 0) is 32.6 Å². The number of aldehydes is 1. The third-order valence-electron chi connectivity index (χ3n) is 5.69. The Balaban J connectivity index is 1.59. The molecule has 0 unspecified atom stereocenters. The van der Waals surface area contributed by atoms with Crippen molar-refractivity contribution in [1.29, 1.82) is 0 Å². The Bertz CT molecular complexity index is 640. The van der Waals surface area contributed by atoms with E-state index in [1.54, 1.807) is 0 Å². The lowest BCUT2D eigenvalue weighted by molar-refractivity contribution is -0.198. The Hall–Kier alpha value is -1.69. The predicted octanol–water partition coefficient (Wildman–Crippen LogP) is 1.39. The second-order valence-electron chi connectivity index (χ2n) is 7.00. The molecule has 6 nitrogen and oxygen atoms in total. The highest BCUT2D eigenvalue weighted by Crippen LogP contribution is 2.74. The molecular formula is C16H20N2O4. The fourth-order valence-electron chi connectivity index (χ4n) is 4.48. The first-order valence-electron chi connectivity index (χ1n) is 7.76.